The lowest BCUT2D eigenvalue weighted by atomic mass is 9.66. The maximum atomic E-state index is 9.80. The number of thiocarbonyl (C=S) groups is 1. The van der Waals surface area contributed by atoms with Crippen molar-refractivity contribution in [1.29, 1.82) is 0 Å². The van der Waals surface area contributed by atoms with E-state index in [-0.39, 0.29) is 17.0 Å². The van der Waals surface area contributed by atoms with Crippen LogP contribution in [0.2, 0.25) is 0 Å². The Hall–Kier alpha value is -0.280. The molecule has 3 nitrogen and oxygen atoms in total. The van der Waals surface area contributed by atoms with Gasteiger partial charge in [0.15, 0.2) is 0 Å². The van der Waals surface area contributed by atoms with Gasteiger partial charge in [-0.1, -0.05) is 13.8 Å². The van der Waals surface area contributed by atoms with Crippen molar-refractivity contribution in [2.24, 2.45) is 10.4 Å². The zero-order chi connectivity index (χ0) is 11.0. The molecule has 1 atom stereocenters. The summed E-state index contributed by atoms with van der Waals surface area (Å²) in [5.74, 6) is 0. The number of hydrogen-bond acceptors (Lipinski definition) is 4. The van der Waals surface area contributed by atoms with Crippen LogP contribution in [-0.4, -0.2) is 33.6 Å². The highest BCUT2D eigenvalue weighted by Gasteiger charge is 2.50. The van der Waals surface area contributed by atoms with Crippen LogP contribution in [0.4, 0.5) is 0 Å². The van der Waals surface area contributed by atoms with Gasteiger partial charge < -0.3 is 5.21 Å². The Morgan fingerprint density at radius 3 is 2.50 bits per heavy atom. The topological polar surface area (TPSA) is 35.8 Å². The Kier molecular flexibility index (Phi) is 3.12. The number of isothiocyanates is 1. The minimum Gasteiger partial charge on any atom is -0.313 e. The molecule has 0 aromatic rings. The third-order valence-electron chi connectivity index (χ3n) is 3.88. The number of nitrogens with zero attached hydrogens (tertiary/aromatic N) is 2. The highest BCUT2D eigenvalue weighted by atomic mass is 32.1. The Balaban J connectivity index is 3.02. The van der Waals surface area contributed by atoms with Crippen LogP contribution in [0.1, 0.15) is 34.1 Å². The van der Waals surface area contributed by atoms with E-state index >= 15 is 0 Å². The molecule has 0 spiro atoms. The lowest BCUT2D eigenvalue weighted by Crippen LogP contribution is -2.61. The number of piperidine rings is 1. The molecule has 1 saturated heterocycles. The average molecular weight is 214 g/mol. The van der Waals surface area contributed by atoms with Gasteiger partial charge in [-0.15, -0.1) is 0 Å². The molecule has 0 aromatic heterocycles. The molecule has 1 unspecified atom stereocenters. The van der Waals surface area contributed by atoms with E-state index in [0.717, 1.165) is 6.42 Å². The van der Waals surface area contributed by atoms with Crippen molar-refractivity contribution in [1.82, 2.24) is 5.06 Å². The normalized spacial score (nSPS) is 30.8. The first-order valence-electron chi connectivity index (χ1n) is 4.87. The average Bonchev–Trinajstić information content (AvgIpc) is 2.08. The van der Waals surface area contributed by atoms with Gasteiger partial charge >= 0.3 is 0 Å². The third kappa shape index (κ3) is 1.63. The van der Waals surface area contributed by atoms with Crippen LogP contribution < -0.4 is 0 Å². The van der Waals surface area contributed by atoms with Crippen molar-refractivity contribution < 1.29 is 5.21 Å². The minimum absolute atomic E-state index is 0.105. The standard InChI is InChI=1S/C10H18N2OS/c1-9(2)8(11-7-14)5-6-12(13)10(9,3)4/h8,13H,5-6H2,1-4H3. The first-order chi connectivity index (χ1) is 6.34. The number of hydroxylamine groups is 2. The first kappa shape index (κ1) is 11.8. The third-order valence-corrected chi connectivity index (χ3v) is 3.98. The summed E-state index contributed by atoms with van der Waals surface area (Å²) in [5, 5.41) is 13.7. The maximum absolute atomic E-state index is 9.80. The summed E-state index contributed by atoms with van der Waals surface area (Å²) >= 11 is 4.65. The first-order valence-corrected chi connectivity index (χ1v) is 5.28. The van der Waals surface area contributed by atoms with Crippen molar-refractivity contribution in [3.05, 3.63) is 0 Å². The van der Waals surface area contributed by atoms with Gasteiger partial charge in [0.1, 0.15) is 0 Å². The monoisotopic (exact) mass is 214 g/mol. The molecular weight excluding hydrogens is 196 g/mol. The van der Waals surface area contributed by atoms with Crippen LogP contribution in [0.5, 0.6) is 0 Å². The van der Waals surface area contributed by atoms with E-state index in [1.54, 1.807) is 0 Å². The van der Waals surface area contributed by atoms with Crippen LogP contribution in [0.3, 0.4) is 0 Å². The molecule has 14 heavy (non-hydrogen) atoms. The van der Waals surface area contributed by atoms with E-state index < -0.39 is 0 Å². The van der Waals surface area contributed by atoms with Crippen molar-refractivity contribution in [2.75, 3.05) is 6.54 Å². The second-order valence-corrected chi connectivity index (χ2v) is 5.11. The highest BCUT2D eigenvalue weighted by Crippen LogP contribution is 2.43. The Morgan fingerprint density at radius 2 is 2.00 bits per heavy atom. The van der Waals surface area contributed by atoms with Crippen LogP contribution in [-0.2, 0) is 0 Å². The van der Waals surface area contributed by atoms with Gasteiger partial charge in [0.05, 0.1) is 11.2 Å². The molecule has 1 fully saturated rings. The lowest BCUT2D eigenvalue weighted by Gasteiger charge is -2.52. The fourth-order valence-corrected chi connectivity index (χ4v) is 2.04. The highest BCUT2D eigenvalue weighted by molar-refractivity contribution is 7.78. The van der Waals surface area contributed by atoms with E-state index in [0.29, 0.717) is 6.54 Å². The summed E-state index contributed by atoms with van der Waals surface area (Å²) in [6.45, 7) is 8.91. The van der Waals surface area contributed by atoms with Crippen molar-refractivity contribution in [3.63, 3.8) is 0 Å². The lowest BCUT2D eigenvalue weighted by molar-refractivity contribution is -0.222. The Labute approximate surface area is 90.8 Å². The SMILES string of the molecule is CC1(C)C(N=C=S)CCN(O)C1(C)C. The summed E-state index contributed by atoms with van der Waals surface area (Å²) < 4.78 is 0. The van der Waals surface area contributed by atoms with Crippen LogP contribution >= 0.6 is 12.2 Å². The molecule has 1 aliphatic rings. The Bertz CT molecular complexity index is 269. The molecule has 1 rings (SSSR count). The molecule has 1 N–H and O–H groups in total. The molecule has 0 saturated carbocycles. The summed E-state index contributed by atoms with van der Waals surface area (Å²) in [6, 6.07) is 0.151. The second-order valence-electron chi connectivity index (χ2n) is 4.93. The van der Waals surface area contributed by atoms with E-state index in [9.17, 15) is 5.21 Å². The number of aliphatic imine (C=N–C) groups is 1. The summed E-state index contributed by atoms with van der Waals surface area (Å²) in [4.78, 5) is 4.19. The van der Waals surface area contributed by atoms with Crippen LogP contribution in [0.25, 0.3) is 0 Å². The smallest absolute Gasteiger partial charge is 0.0685 e. The largest absolute Gasteiger partial charge is 0.313 e. The van der Waals surface area contributed by atoms with Gasteiger partial charge in [-0.3, -0.25) is 0 Å². The maximum Gasteiger partial charge on any atom is 0.0685 e. The van der Waals surface area contributed by atoms with Gasteiger partial charge in [0.25, 0.3) is 0 Å². The molecule has 1 heterocycles. The zero-order valence-corrected chi connectivity index (χ0v) is 10.1. The van der Waals surface area contributed by atoms with E-state index in [1.807, 2.05) is 13.8 Å². The molecule has 0 bridgehead atoms. The van der Waals surface area contributed by atoms with Crippen molar-refractivity contribution in [2.45, 2.75) is 45.7 Å². The summed E-state index contributed by atoms with van der Waals surface area (Å²) in [6.07, 6.45) is 0.830. The van der Waals surface area contributed by atoms with Gasteiger partial charge in [0.2, 0.25) is 0 Å². The summed E-state index contributed by atoms with van der Waals surface area (Å²) in [7, 11) is 0. The molecule has 4 heteroatoms. The Morgan fingerprint density at radius 1 is 1.43 bits per heavy atom. The van der Waals surface area contributed by atoms with Gasteiger partial charge in [-0.05, 0) is 32.5 Å². The van der Waals surface area contributed by atoms with E-state index in [1.165, 1.54) is 5.06 Å². The van der Waals surface area contributed by atoms with E-state index in [2.05, 4.69) is 36.2 Å². The zero-order valence-electron chi connectivity index (χ0n) is 9.24. The van der Waals surface area contributed by atoms with Crippen LogP contribution in [0, 0.1) is 5.41 Å². The molecular formula is C10H18N2OS. The minimum atomic E-state index is -0.286. The molecule has 1 aliphatic heterocycles. The molecule has 0 radical (unpaired) electrons. The summed E-state index contributed by atoms with van der Waals surface area (Å²) in [5.41, 5.74) is -0.391. The molecule has 0 aliphatic carbocycles. The van der Waals surface area contributed by atoms with Gasteiger partial charge in [-0.25, -0.2) is 4.99 Å². The van der Waals surface area contributed by atoms with Crippen LogP contribution in [0.15, 0.2) is 4.99 Å². The predicted molar refractivity (Wildman–Crippen MR) is 59.8 cm³/mol. The molecule has 80 valence electrons. The fraction of sp³-hybridized carbons (Fsp3) is 0.900. The van der Waals surface area contributed by atoms with E-state index in [4.69, 9.17) is 0 Å². The number of rotatable bonds is 1. The number of hydrogen-bond donors (Lipinski definition) is 1. The predicted octanol–water partition coefficient (Wildman–Crippen LogP) is 2.36. The molecule has 0 aromatic carbocycles. The van der Waals surface area contributed by atoms with Gasteiger partial charge in [-0.2, -0.15) is 5.06 Å². The van der Waals surface area contributed by atoms with Gasteiger partial charge in [0, 0.05) is 17.5 Å². The second kappa shape index (κ2) is 3.70. The van der Waals surface area contributed by atoms with Crippen molar-refractivity contribution in [3.8, 4) is 0 Å². The fourth-order valence-electron chi connectivity index (χ4n) is 1.91. The van der Waals surface area contributed by atoms with Crippen molar-refractivity contribution >= 4 is 17.4 Å². The molecule has 0 amide bonds. The quantitative estimate of drug-likeness (QED) is 0.537.